The van der Waals surface area contributed by atoms with Crippen molar-refractivity contribution in [1.29, 1.82) is 0 Å². The molecule has 0 unspecified atom stereocenters. The average Bonchev–Trinajstić information content (AvgIpc) is 3.15. The van der Waals surface area contributed by atoms with E-state index in [-0.39, 0.29) is 5.91 Å². The molecule has 0 bridgehead atoms. The lowest BCUT2D eigenvalue weighted by Gasteiger charge is -2.24. The fraction of sp³-hybridized carbons (Fsp3) is 0.250. The average molecular weight is 347 g/mol. The Morgan fingerprint density at radius 2 is 1.88 bits per heavy atom. The molecule has 6 heteroatoms. The molecule has 1 aromatic carbocycles. The number of hydrogen-bond acceptors (Lipinski definition) is 4. The second kappa shape index (κ2) is 7.49. The predicted molar refractivity (Wildman–Crippen MR) is 101 cm³/mol. The summed E-state index contributed by atoms with van der Waals surface area (Å²) in [5.41, 5.74) is 3.27. The van der Waals surface area contributed by atoms with Gasteiger partial charge in [0.1, 0.15) is 0 Å². The molecule has 1 aliphatic rings. The molecule has 26 heavy (non-hydrogen) atoms. The number of para-hydroxylation sites is 1. The molecule has 1 fully saturated rings. The van der Waals surface area contributed by atoms with Gasteiger partial charge in [0.05, 0.1) is 35.0 Å². The van der Waals surface area contributed by atoms with E-state index in [4.69, 9.17) is 0 Å². The molecule has 1 amide bonds. The Kier molecular flexibility index (Phi) is 4.75. The van der Waals surface area contributed by atoms with E-state index >= 15 is 0 Å². The van der Waals surface area contributed by atoms with Crippen molar-refractivity contribution in [3.63, 3.8) is 0 Å². The number of piperidine rings is 1. The first-order valence-electron chi connectivity index (χ1n) is 8.88. The molecule has 0 atom stereocenters. The second-order valence-electron chi connectivity index (χ2n) is 6.41. The summed E-state index contributed by atoms with van der Waals surface area (Å²) in [5.74, 6) is 0.155. The molecule has 0 aliphatic carbocycles. The number of rotatable bonds is 4. The number of carbonyl (C=O) groups excluding carboxylic acids is 1. The highest BCUT2D eigenvalue weighted by atomic mass is 16.1. The molecule has 0 saturated carbocycles. The SMILES string of the molecule is O=C(Nc1cccnc1)c1cnn(-c2ccccc2)c1C1CCNCC1. The Hall–Kier alpha value is -2.99. The van der Waals surface area contributed by atoms with Crippen LogP contribution in [0.1, 0.15) is 34.8 Å². The van der Waals surface area contributed by atoms with Gasteiger partial charge in [-0.1, -0.05) is 18.2 Å². The van der Waals surface area contributed by atoms with Gasteiger partial charge in [-0.3, -0.25) is 9.78 Å². The largest absolute Gasteiger partial charge is 0.320 e. The van der Waals surface area contributed by atoms with Crippen molar-refractivity contribution in [2.24, 2.45) is 0 Å². The van der Waals surface area contributed by atoms with Crippen LogP contribution < -0.4 is 10.6 Å². The van der Waals surface area contributed by atoms with Crippen LogP contribution in [0.3, 0.4) is 0 Å². The van der Waals surface area contributed by atoms with E-state index in [1.165, 1.54) is 0 Å². The Morgan fingerprint density at radius 1 is 1.08 bits per heavy atom. The molecule has 1 saturated heterocycles. The highest BCUT2D eigenvalue weighted by Crippen LogP contribution is 2.30. The lowest BCUT2D eigenvalue weighted by Crippen LogP contribution is -2.29. The van der Waals surface area contributed by atoms with Crippen LogP contribution in [-0.4, -0.2) is 33.8 Å². The lowest BCUT2D eigenvalue weighted by molar-refractivity contribution is 0.102. The summed E-state index contributed by atoms with van der Waals surface area (Å²) in [5, 5.41) is 10.9. The maximum Gasteiger partial charge on any atom is 0.259 e. The van der Waals surface area contributed by atoms with Crippen LogP contribution in [0, 0.1) is 0 Å². The number of anilines is 1. The van der Waals surface area contributed by atoms with Crippen molar-refractivity contribution < 1.29 is 4.79 Å². The minimum atomic E-state index is -0.145. The number of nitrogens with one attached hydrogen (secondary N) is 2. The summed E-state index contributed by atoms with van der Waals surface area (Å²) in [6.07, 6.45) is 6.99. The van der Waals surface area contributed by atoms with E-state index in [0.717, 1.165) is 37.3 Å². The van der Waals surface area contributed by atoms with E-state index in [0.29, 0.717) is 17.2 Å². The van der Waals surface area contributed by atoms with Crippen LogP contribution >= 0.6 is 0 Å². The summed E-state index contributed by atoms with van der Waals surface area (Å²) in [6, 6.07) is 13.6. The van der Waals surface area contributed by atoms with E-state index in [9.17, 15) is 4.79 Å². The van der Waals surface area contributed by atoms with E-state index in [1.807, 2.05) is 41.1 Å². The van der Waals surface area contributed by atoms with Gasteiger partial charge in [0.2, 0.25) is 0 Å². The molecule has 0 spiro atoms. The molecule has 3 heterocycles. The fourth-order valence-electron chi connectivity index (χ4n) is 3.43. The van der Waals surface area contributed by atoms with Crippen LogP contribution in [0.5, 0.6) is 0 Å². The summed E-state index contributed by atoms with van der Waals surface area (Å²) in [7, 11) is 0. The third kappa shape index (κ3) is 3.36. The Bertz CT molecular complexity index is 870. The molecular formula is C20H21N5O. The molecule has 2 aromatic heterocycles. The molecule has 132 valence electrons. The summed E-state index contributed by atoms with van der Waals surface area (Å²) in [6.45, 7) is 1.91. The number of pyridine rings is 1. The molecule has 4 rings (SSSR count). The van der Waals surface area contributed by atoms with Gasteiger partial charge in [0.15, 0.2) is 0 Å². The zero-order chi connectivity index (χ0) is 17.8. The van der Waals surface area contributed by atoms with Gasteiger partial charge < -0.3 is 10.6 Å². The maximum absolute atomic E-state index is 12.9. The summed E-state index contributed by atoms with van der Waals surface area (Å²) in [4.78, 5) is 17.0. The highest BCUT2D eigenvalue weighted by molar-refractivity contribution is 6.05. The number of benzene rings is 1. The first kappa shape index (κ1) is 16.5. The van der Waals surface area contributed by atoms with Gasteiger partial charge in [-0.25, -0.2) is 4.68 Å². The lowest BCUT2D eigenvalue weighted by atomic mass is 9.91. The van der Waals surface area contributed by atoms with Gasteiger partial charge in [-0.2, -0.15) is 5.10 Å². The third-order valence-corrected chi connectivity index (χ3v) is 4.70. The van der Waals surface area contributed by atoms with Crippen molar-refractivity contribution in [3.8, 4) is 5.69 Å². The van der Waals surface area contributed by atoms with E-state index in [2.05, 4.69) is 20.7 Å². The molecule has 0 radical (unpaired) electrons. The number of amides is 1. The normalized spacial score (nSPS) is 14.9. The predicted octanol–water partition coefficient (Wildman–Crippen LogP) is 2.99. The van der Waals surface area contributed by atoms with Gasteiger partial charge in [0.25, 0.3) is 5.91 Å². The van der Waals surface area contributed by atoms with Crippen molar-refractivity contribution in [2.75, 3.05) is 18.4 Å². The minimum absolute atomic E-state index is 0.145. The smallest absolute Gasteiger partial charge is 0.259 e. The Morgan fingerprint density at radius 3 is 2.62 bits per heavy atom. The molecular weight excluding hydrogens is 326 g/mol. The van der Waals surface area contributed by atoms with Crippen molar-refractivity contribution in [1.82, 2.24) is 20.1 Å². The van der Waals surface area contributed by atoms with Crippen LogP contribution in [0.15, 0.2) is 61.1 Å². The fourth-order valence-corrected chi connectivity index (χ4v) is 3.43. The van der Waals surface area contributed by atoms with Crippen molar-refractivity contribution in [2.45, 2.75) is 18.8 Å². The molecule has 3 aromatic rings. The zero-order valence-corrected chi connectivity index (χ0v) is 14.4. The third-order valence-electron chi connectivity index (χ3n) is 4.70. The summed E-state index contributed by atoms with van der Waals surface area (Å²) >= 11 is 0. The number of aromatic nitrogens is 3. The van der Waals surface area contributed by atoms with E-state index in [1.54, 1.807) is 24.7 Å². The van der Waals surface area contributed by atoms with Crippen molar-refractivity contribution in [3.05, 3.63) is 72.3 Å². The van der Waals surface area contributed by atoms with E-state index < -0.39 is 0 Å². The zero-order valence-electron chi connectivity index (χ0n) is 14.4. The van der Waals surface area contributed by atoms with Crippen LogP contribution in [0.2, 0.25) is 0 Å². The van der Waals surface area contributed by atoms with Crippen molar-refractivity contribution >= 4 is 11.6 Å². The number of nitrogens with zero attached hydrogens (tertiary/aromatic N) is 3. The molecule has 2 N–H and O–H groups in total. The topological polar surface area (TPSA) is 71.8 Å². The number of carbonyl (C=O) groups is 1. The van der Waals surface area contributed by atoms with Crippen LogP contribution in [0.4, 0.5) is 5.69 Å². The standard InChI is InChI=1S/C20H21N5O/c26-20(24-16-5-4-10-22-13-16)18-14-23-25(17-6-2-1-3-7-17)19(18)15-8-11-21-12-9-15/h1-7,10,13-15,21H,8-9,11-12H2,(H,24,26). The van der Waals surface area contributed by atoms with Gasteiger partial charge >= 0.3 is 0 Å². The maximum atomic E-state index is 12.9. The Labute approximate surface area is 152 Å². The first-order chi connectivity index (χ1) is 12.8. The van der Waals surface area contributed by atoms with Crippen LogP contribution in [0.25, 0.3) is 5.69 Å². The monoisotopic (exact) mass is 347 g/mol. The second-order valence-corrected chi connectivity index (χ2v) is 6.41. The first-order valence-corrected chi connectivity index (χ1v) is 8.88. The molecule has 1 aliphatic heterocycles. The Balaban J connectivity index is 1.72. The summed E-state index contributed by atoms with van der Waals surface area (Å²) < 4.78 is 1.91. The molecule has 6 nitrogen and oxygen atoms in total. The van der Waals surface area contributed by atoms with Gasteiger partial charge in [0, 0.05) is 12.1 Å². The van der Waals surface area contributed by atoms with Gasteiger partial charge in [-0.15, -0.1) is 0 Å². The minimum Gasteiger partial charge on any atom is -0.320 e. The highest BCUT2D eigenvalue weighted by Gasteiger charge is 2.27. The number of hydrogen-bond donors (Lipinski definition) is 2. The quantitative estimate of drug-likeness (QED) is 0.761. The van der Waals surface area contributed by atoms with Gasteiger partial charge in [-0.05, 0) is 50.2 Å². The van der Waals surface area contributed by atoms with Crippen LogP contribution in [-0.2, 0) is 0 Å².